The van der Waals surface area contributed by atoms with Crippen molar-refractivity contribution < 1.29 is 9.72 Å². The first kappa shape index (κ1) is 14.7. The van der Waals surface area contributed by atoms with Gasteiger partial charge >= 0.3 is 5.69 Å². The van der Waals surface area contributed by atoms with Gasteiger partial charge in [-0.15, -0.1) is 0 Å². The van der Waals surface area contributed by atoms with Crippen molar-refractivity contribution >= 4 is 23.2 Å². The maximum absolute atomic E-state index is 12.5. The van der Waals surface area contributed by atoms with E-state index < -0.39 is 10.6 Å². The number of likely N-dealkylation sites (tertiary alicyclic amines) is 1. The van der Waals surface area contributed by atoms with Crippen molar-refractivity contribution in [2.75, 3.05) is 13.1 Å². The minimum absolute atomic E-state index is 0.0109. The summed E-state index contributed by atoms with van der Waals surface area (Å²) in [5.74, 6) is 0.582. The monoisotopic (exact) mass is 297 g/mol. The van der Waals surface area contributed by atoms with Gasteiger partial charge in [0.1, 0.15) is 5.56 Å². The highest BCUT2D eigenvalue weighted by Gasteiger charge is 2.31. The number of carbonyl (C=O) groups is 1. The number of halogens is 1. The van der Waals surface area contributed by atoms with Gasteiger partial charge in [-0.1, -0.05) is 25.4 Å². The van der Waals surface area contributed by atoms with E-state index in [0.29, 0.717) is 24.9 Å². The number of hydrogen-bond donors (Lipinski definition) is 0. The third-order valence-corrected chi connectivity index (χ3v) is 4.19. The Hall–Kier alpha value is -1.69. The van der Waals surface area contributed by atoms with Crippen molar-refractivity contribution in [1.29, 1.82) is 0 Å². The summed E-state index contributed by atoms with van der Waals surface area (Å²) in [5.41, 5.74) is -0.401. The molecule has 108 valence electrons. The van der Waals surface area contributed by atoms with Crippen LogP contribution in [0.2, 0.25) is 5.15 Å². The lowest BCUT2D eigenvalue weighted by Crippen LogP contribution is -2.42. The van der Waals surface area contributed by atoms with Crippen molar-refractivity contribution in [3.8, 4) is 0 Å². The van der Waals surface area contributed by atoms with E-state index in [-0.39, 0.29) is 16.6 Å². The largest absolute Gasteiger partial charge is 0.338 e. The zero-order valence-corrected chi connectivity index (χ0v) is 12.1. The summed E-state index contributed by atoms with van der Waals surface area (Å²) in [5, 5.41) is 10.8. The van der Waals surface area contributed by atoms with Gasteiger partial charge in [0.05, 0.1) is 4.92 Å². The second-order valence-corrected chi connectivity index (χ2v) is 5.61. The highest BCUT2D eigenvalue weighted by atomic mass is 35.5. The highest BCUT2D eigenvalue weighted by Crippen LogP contribution is 2.29. The van der Waals surface area contributed by atoms with Gasteiger partial charge in [0, 0.05) is 19.3 Å². The van der Waals surface area contributed by atoms with Crippen LogP contribution in [0.1, 0.15) is 30.6 Å². The molecule has 1 aliphatic heterocycles. The fourth-order valence-electron chi connectivity index (χ4n) is 2.39. The van der Waals surface area contributed by atoms with Crippen molar-refractivity contribution in [3.05, 3.63) is 33.1 Å². The maximum Gasteiger partial charge on any atom is 0.319 e. The van der Waals surface area contributed by atoms with E-state index >= 15 is 0 Å². The highest BCUT2D eigenvalue weighted by molar-refractivity contribution is 6.32. The van der Waals surface area contributed by atoms with E-state index in [9.17, 15) is 14.9 Å². The lowest BCUT2D eigenvalue weighted by molar-refractivity contribution is -0.385. The lowest BCUT2D eigenvalue weighted by atomic mass is 9.88. The molecule has 1 aromatic rings. The van der Waals surface area contributed by atoms with Crippen LogP contribution in [0.5, 0.6) is 0 Å². The molecule has 0 N–H and O–H groups in total. The minimum atomic E-state index is -0.654. The first-order valence-corrected chi connectivity index (χ1v) is 6.87. The average molecular weight is 298 g/mol. The summed E-state index contributed by atoms with van der Waals surface area (Å²) >= 11 is 5.74. The Labute approximate surface area is 121 Å². The zero-order chi connectivity index (χ0) is 14.9. The molecule has 0 saturated carbocycles. The number of rotatable bonds is 2. The Morgan fingerprint density at radius 3 is 2.80 bits per heavy atom. The molecule has 0 bridgehead atoms. The second kappa shape index (κ2) is 5.75. The fraction of sp³-hybridized carbons (Fsp3) is 0.538. The van der Waals surface area contributed by atoms with Crippen molar-refractivity contribution in [2.24, 2.45) is 11.8 Å². The molecule has 7 heteroatoms. The van der Waals surface area contributed by atoms with Crippen molar-refractivity contribution in [1.82, 2.24) is 9.88 Å². The molecule has 0 aliphatic carbocycles. The van der Waals surface area contributed by atoms with E-state index in [4.69, 9.17) is 11.6 Å². The van der Waals surface area contributed by atoms with Gasteiger partial charge < -0.3 is 4.90 Å². The topological polar surface area (TPSA) is 76.3 Å². The van der Waals surface area contributed by atoms with Crippen LogP contribution in [-0.2, 0) is 0 Å². The van der Waals surface area contributed by atoms with Gasteiger partial charge in [0.15, 0.2) is 0 Å². The molecule has 1 aliphatic rings. The van der Waals surface area contributed by atoms with Crippen LogP contribution in [0.4, 0.5) is 5.69 Å². The SMILES string of the molecule is CC1CCN(C(=O)c2ccnc(Cl)c2[N+](=O)[O-])CC1C. The molecule has 0 radical (unpaired) electrons. The van der Waals surface area contributed by atoms with Crippen LogP contribution in [0.15, 0.2) is 12.3 Å². The Morgan fingerprint density at radius 1 is 1.50 bits per heavy atom. The Balaban J connectivity index is 2.30. The summed E-state index contributed by atoms with van der Waals surface area (Å²) in [7, 11) is 0. The maximum atomic E-state index is 12.5. The summed E-state index contributed by atoms with van der Waals surface area (Å²) in [4.78, 5) is 28.2. The van der Waals surface area contributed by atoms with Crippen LogP contribution >= 0.6 is 11.6 Å². The molecule has 0 aromatic carbocycles. The number of piperidine rings is 1. The van der Waals surface area contributed by atoms with Gasteiger partial charge in [-0.05, 0) is 24.3 Å². The Bertz CT molecular complexity index is 550. The zero-order valence-electron chi connectivity index (χ0n) is 11.4. The number of pyridine rings is 1. The van der Waals surface area contributed by atoms with Gasteiger partial charge in [0.2, 0.25) is 5.15 Å². The van der Waals surface area contributed by atoms with Crippen molar-refractivity contribution in [2.45, 2.75) is 20.3 Å². The van der Waals surface area contributed by atoms with Crippen LogP contribution in [0.3, 0.4) is 0 Å². The molecular formula is C13H16ClN3O3. The van der Waals surface area contributed by atoms with Crippen LogP contribution in [0.25, 0.3) is 0 Å². The third-order valence-electron chi connectivity index (χ3n) is 3.91. The number of nitrogens with zero attached hydrogens (tertiary/aromatic N) is 3. The Morgan fingerprint density at radius 2 is 2.20 bits per heavy atom. The van der Waals surface area contributed by atoms with Gasteiger partial charge in [0.25, 0.3) is 5.91 Å². The van der Waals surface area contributed by atoms with Crippen molar-refractivity contribution in [3.63, 3.8) is 0 Å². The molecule has 1 fully saturated rings. The standard InChI is InChI=1S/C13H16ClN3O3/c1-8-4-6-16(7-9(8)2)13(18)10-3-5-15-12(14)11(10)17(19)20/h3,5,8-9H,4,6-7H2,1-2H3. The Kier molecular flexibility index (Phi) is 4.23. The summed E-state index contributed by atoms with van der Waals surface area (Å²) in [6, 6.07) is 1.36. The third kappa shape index (κ3) is 2.75. The predicted octanol–water partition coefficient (Wildman–Crippen LogP) is 2.76. The quantitative estimate of drug-likeness (QED) is 0.478. The summed E-state index contributed by atoms with van der Waals surface area (Å²) in [6.07, 6.45) is 2.22. The van der Waals surface area contributed by atoms with Gasteiger partial charge in [-0.2, -0.15) is 0 Å². The molecule has 20 heavy (non-hydrogen) atoms. The number of amides is 1. The van der Waals surface area contributed by atoms with Crippen LogP contribution in [0, 0.1) is 22.0 Å². The van der Waals surface area contributed by atoms with E-state index in [0.717, 1.165) is 6.42 Å². The summed E-state index contributed by atoms with van der Waals surface area (Å²) in [6.45, 7) is 5.45. The molecule has 2 unspecified atom stereocenters. The average Bonchev–Trinajstić information content (AvgIpc) is 2.40. The minimum Gasteiger partial charge on any atom is -0.338 e. The molecule has 0 spiro atoms. The normalized spacial score (nSPS) is 22.6. The predicted molar refractivity (Wildman–Crippen MR) is 74.7 cm³/mol. The van der Waals surface area contributed by atoms with E-state index in [1.54, 1.807) is 4.90 Å². The van der Waals surface area contributed by atoms with Gasteiger partial charge in [-0.3, -0.25) is 14.9 Å². The molecule has 1 saturated heterocycles. The lowest BCUT2D eigenvalue weighted by Gasteiger charge is -2.35. The first-order chi connectivity index (χ1) is 9.41. The molecule has 2 rings (SSSR count). The number of nitro groups is 1. The first-order valence-electron chi connectivity index (χ1n) is 6.50. The summed E-state index contributed by atoms with van der Waals surface area (Å²) < 4.78 is 0. The van der Waals surface area contributed by atoms with Crippen LogP contribution in [-0.4, -0.2) is 33.8 Å². The van der Waals surface area contributed by atoms with E-state index in [1.807, 2.05) is 0 Å². The molecule has 2 heterocycles. The smallest absolute Gasteiger partial charge is 0.319 e. The number of carbonyl (C=O) groups excluding carboxylic acids is 1. The molecular weight excluding hydrogens is 282 g/mol. The van der Waals surface area contributed by atoms with Gasteiger partial charge in [-0.25, -0.2) is 4.98 Å². The number of hydrogen-bond acceptors (Lipinski definition) is 4. The molecule has 6 nitrogen and oxygen atoms in total. The second-order valence-electron chi connectivity index (χ2n) is 5.25. The number of aromatic nitrogens is 1. The molecule has 1 amide bonds. The molecule has 2 atom stereocenters. The fourth-order valence-corrected chi connectivity index (χ4v) is 2.62. The van der Waals surface area contributed by atoms with E-state index in [2.05, 4.69) is 18.8 Å². The molecule has 1 aromatic heterocycles. The van der Waals surface area contributed by atoms with E-state index in [1.165, 1.54) is 12.3 Å². The van der Waals surface area contributed by atoms with Crippen LogP contribution < -0.4 is 0 Å².